The molecule has 4 atom stereocenters. The molecule has 4 nitrogen and oxygen atoms in total. The van der Waals surface area contributed by atoms with Gasteiger partial charge in [-0.2, -0.15) is 0 Å². The van der Waals surface area contributed by atoms with Gasteiger partial charge in [-0.15, -0.1) is 0 Å². The molecule has 4 heteroatoms. The lowest BCUT2D eigenvalue weighted by Crippen LogP contribution is -2.63. The van der Waals surface area contributed by atoms with Crippen molar-refractivity contribution in [2.45, 2.75) is 36.9 Å². The molecule has 0 amide bonds. The Labute approximate surface area is 124 Å². The monoisotopic (exact) mass is 290 g/mol. The number of benzene rings is 1. The van der Waals surface area contributed by atoms with Gasteiger partial charge in [0.2, 0.25) is 0 Å². The van der Waals surface area contributed by atoms with E-state index in [1.54, 1.807) is 7.11 Å². The second-order valence-corrected chi connectivity index (χ2v) is 6.75. The SMILES string of the molecule is COc1ccc2c(c1)CC[C@@]1(O)[C@H]3COC[C@H]3CC[C@@]21O. The Morgan fingerprint density at radius 3 is 2.90 bits per heavy atom. The molecule has 1 aromatic carbocycles. The Balaban J connectivity index is 1.82. The first-order valence-electron chi connectivity index (χ1n) is 7.78. The standard InChI is InChI=1S/C17H22O4/c1-20-13-2-3-14-11(8-13)4-6-17(19)15-10-21-9-12(15)5-7-16(14,17)18/h2-3,8,12,15,18-19H,4-7,9-10H2,1H3/t12-,15+,16-,17-/m1/s1. The van der Waals surface area contributed by atoms with E-state index in [1.165, 1.54) is 0 Å². The van der Waals surface area contributed by atoms with E-state index in [0.717, 1.165) is 36.3 Å². The molecule has 1 heterocycles. The topological polar surface area (TPSA) is 58.9 Å². The number of hydrogen-bond donors (Lipinski definition) is 2. The van der Waals surface area contributed by atoms with Gasteiger partial charge < -0.3 is 19.7 Å². The van der Waals surface area contributed by atoms with Crippen molar-refractivity contribution in [3.8, 4) is 5.75 Å². The molecular weight excluding hydrogens is 268 g/mol. The van der Waals surface area contributed by atoms with Crippen LogP contribution >= 0.6 is 0 Å². The van der Waals surface area contributed by atoms with Crippen LogP contribution in [0.4, 0.5) is 0 Å². The number of fused-ring (bicyclic) bond motifs is 5. The van der Waals surface area contributed by atoms with Crippen LogP contribution in [0.3, 0.4) is 0 Å². The first-order valence-corrected chi connectivity index (χ1v) is 7.78. The summed E-state index contributed by atoms with van der Waals surface area (Å²) in [5, 5.41) is 22.7. The van der Waals surface area contributed by atoms with Crippen LogP contribution in [0.2, 0.25) is 0 Å². The summed E-state index contributed by atoms with van der Waals surface area (Å²) in [6.45, 7) is 1.29. The highest BCUT2D eigenvalue weighted by Gasteiger charge is 2.62. The third-order valence-electron chi connectivity index (χ3n) is 5.94. The summed E-state index contributed by atoms with van der Waals surface area (Å²) in [5.74, 6) is 1.24. The maximum Gasteiger partial charge on any atom is 0.119 e. The molecule has 4 rings (SSSR count). The van der Waals surface area contributed by atoms with Crippen LogP contribution in [0, 0.1) is 11.8 Å². The summed E-state index contributed by atoms with van der Waals surface area (Å²) < 4.78 is 10.9. The van der Waals surface area contributed by atoms with Crippen molar-refractivity contribution >= 4 is 0 Å². The van der Waals surface area contributed by atoms with E-state index in [0.29, 0.717) is 25.4 Å². The van der Waals surface area contributed by atoms with Crippen LogP contribution in [0.1, 0.15) is 30.4 Å². The molecular formula is C17H22O4. The quantitative estimate of drug-likeness (QED) is 0.825. The smallest absolute Gasteiger partial charge is 0.119 e. The molecule has 0 unspecified atom stereocenters. The predicted octanol–water partition coefficient (Wildman–Crippen LogP) is 1.62. The number of aryl methyl sites for hydroxylation is 1. The molecule has 3 aliphatic rings. The van der Waals surface area contributed by atoms with Gasteiger partial charge in [-0.25, -0.2) is 0 Å². The van der Waals surface area contributed by atoms with Gasteiger partial charge >= 0.3 is 0 Å². The average Bonchev–Trinajstić information content (AvgIpc) is 2.98. The van der Waals surface area contributed by atoms with Crippen molar-refractivity contribution in [2.24, 2.45) is 11.8 Å². The Hall–Kier alpha value is -1.10. The minimum absolute atomic E-state index is 0.0477. The molecule has 2 fully saturated rings. The molecule has 1 saturated carbocycles. The maximum absolute atomic E-state index is 11.4. The van der Waals surface area contributed by atoms with Crippen molar-refractivity contribution in [3.63, 3.8) is 0 Å². The molecule has 2 N–H and O–H groups in total. The summed E-state index contributed by atoms with van der Waals surface area (Å²) in [5.41, 5.74) is -0.239. The Morgan fingerprint density at radius 2 is 2.10 bits per heavy atom. The van der Waals surface area contributed by atoms with E-state index in [-0.39, 0.29) is 5.92 Å². The van der Waals surface area contributed by atoms with E-state index in [4.69, 9.17) is 9.47 Å². The first kappa shape index (κ1) is 13.6. The molecule has 0 bridgehead atoms. The highest BCUT2D eigenvalue weighted by molar-refractivity contribution is 5.44. The Kier molecular flexibility index (Phi) is 2.87. The van der Waals surface area contributed by atoms with Crippen LogP contribution in [0.5, 0.6) is 5.75 Å². The third-order valence-corrected chi connectivity index (χ3v) is 5.94. The summed E-state index contributed by atoms with van der Waals surface area (Å²) in [6.07, 6.45) is 2.88. The van der Waals surface area contributed by atoms with Gasteiger partial charge in [0.25, 0.3) is 0 Å². The number of aliphatic hydroxyl groups is 2. The molecule has 1 aromatic rings. The molecule has 1 aliphatic heterocycles. The fourth-order valence-corrected chi connectivity index (χ4v) is 4.72. The molecule has 114 valence electrons. The van der Waals surface area contributed by atoms with Gasteiger partial charge in [0.15, 0.2) is 0 Å². The fraction of sp³-hybridized carbons (Fsp3) is 0.647. The van der Waals surface area contributed by atoms with Crippen molar-refractivity contribution in [1.29, 1.82) is 0 Å². The summed E-state index contributed by atoms with van der Waals surface area (Å²) in [4.78, 5) is 0. The summed E-state index contributed by atoms with van der Waals surface area (Å²) in [6, 6.07) is 5.79. The Bertz CT molecular complexity index is 572. The van der Waals surface area contributed by atoms with Crippen molar-refractivity contribution in [1.82, 2.24) is 0 Å². The van der Waals surface area contributed by atoms with Crippen LogP contribution in [-0.4, -0.2) is 36.1 Å². The van der Waals surface area contributed by atoms with Gasteiger partial charge in [0.05, 0.1) is 13.7 Å². The first-order chi connectivity index (χ1) is 10.1. The van der Waals surface area contributed by atoms with Gasteiger partial charge in [-0.3, -0.25) is 0 Å². The number of rotatable bonds is 1. The minimum Gasteiger partial charge on any atom is -0.497 e. The van der Waals surface area contributed by atoms with E-state index < -0.39 is 11.2 Å². The van der Waals surface area contributed by atoms with Crippen molar-refractivity contribution in [3.05, 3.63) is 29.3 Å². The van der Waals surface area contributed by atoms with E-state index in [2.05, 4.69) is 0 Å². The number of ether oxygens (including phenoxy) is 2. The van der Waals surface area contributed by atoms with Gasteiger partial charge in [-0.1, -0.05) is 6.07 Å². The number of methoxy groups -OCH3 is 1. The van der Waals surface area contributed by atoms with Gasteiger partial charge in [0.1, 0.15) is 17.0 Å². The second kappa shape index (κ2) is 4.45. The summed E-state index contributed by atoms with van der Waals surface area (Å²) in [7, 11) is 1.65. The second-order valence-electron chi connectivity index (χ2n) is 6.75. The normalized spacial score (nSPS) is 41.1. The predicted molar refractivity (Wildman–Crippen MR) is 77.2 cm³/mol. The highest BCUT2D eigenvalue weighted by Crippen LogP contribution is 2.56. The van der Waals surface area contributed by atoms with Gasteiger partial charge in [-0.05, 0) is 54.9 Å². The average molecular weight is 290 g/mol. The van der Waals surface area contributed by atoms with Crippen molar-refractivity contribution in [2.75, 3.05) is 20.3 Å². The highest BCUT2D eigenvalue weighted by atomic mass is 16.5. The van der Waals surface area contributed by atoms with E-state index in [9.17, 15) is 10.2 Å². The largest absolute Gasteiger partial charge is 0.497 e. The molecule has 0 spiro atoms. The molecule has 0 aromatic heterocycles. The fourth-order valence-electron chi connectivity index (χ4n) is 4.72. The Morgan fingerprint density at radius 1 is 1.24 bits per heavy atom. The zero-order chi connectivity index (χ0) is 14.7. The zero-order valence-corrected chi connectivity index (χ0v) is 12.3. The van der Waals surface area contributed by atoms with Crippen molar-refractivity contribution < 1.29 is 19.7 Å². The number of hydrogen-bond acceptors (Lipinski definition) is 4. The zero-order valence-electron chi connectivity index (χ0n) is 12.3. The van der Waals surface area contributed by atoms with Crippen LogP contribution in [-0.2, 0) is 16.8 Å². The molecule has 0 radical (unpaired) electrons. The molecule has 1 saturated heterocycles. The van der Waals surface area contributed by atoms with E-state index in [1.807, 2.05) is 18.2 Å². The lowest BCUT2D eigenvalue weighted by atomic mass is 9.55. The maximum atomic E-state index is 11.4. The lowest BCUT2D eigenvalue weighted by Gasteiger charge is -2.55. The van der Waals surface area contributed by atoms with E-state index >= 15 is 0 Å². The molecule has 2 aliphatic carbocycles. The van der Waals surface area contributed by atoms with Gasteiger partial charge in [0, 0.05) is 12.5 Å². The van der Waals surface area contributed by atoms with Crippen LogP contribution in [0.25, 0.3) is 0 Å². The van der Waals surface area contributed by atoms with Crippen LogP contribution < -0.4 is 4.74 Å². The summed E-state index contributed by atoms with van der Waals surface area (Å²) >= 11 is 0. The molecule has 21 heavy (non-hydrogen) atoms. The third kappa shape index (κ3) is 1.67. The lowest BCUT2D eigenvalue weighted by molar-refractivity contribution is -0.225. The van der Waals surface area contributed by atoms with Crippen LogP contribution in [0.15, 0.2) is 18.2 Å². The minimum atomic E-state index is -1.15.